The first-order valence-corrected chi connectivity index (χ1v) is 5.32. The molecule has 0 aliphatic heterocycles. The summed E-state index contributed by atoms with van der Waals surface area (Å²) >= 11 is 0. The molecule has 0 atom stereocenters. The van der Waals surface area contributed by atoms with Crippen molar-refractivity contribution in [3.8, 4) is 17.0 Å². The minimum atomic E-state index is -0.686. The molecular weight excluding hydrogens is 252 g/mol. The third-order valence-corrected chi connectivity index (χ3v) is 2.26. The Morgan fingerprint density at radius 1 is 1.21 bits per heavy atom. The van der Waals surface area contributed by atoms with Gasteiger partial charge in [0.1, 0.15) is 5.75 Å². The number of ether oxygens (including phenoxy) is 2. The van der Waals surface area contributed by atoms with E-state index in [0.29, 0.717) is 5.56 Å². The van der Waals surface area contributed by atoms with Crippen LogP contribution in [0.5, 0.6) is 5.75 Å². The molecule has 7 heteroatoms. The quantitative estimate of drug-likeness (QED) is 0.610. The van der Waals surface area contributed by atoms with E-state index in [4.69, 9.17) is 4.74 Å². The van der Waals surface area contributed by atoms with Gasteiger partial charge in [-0.15, -0.1) is 0 Å². The van der Waals surface area contributed by atoms with Crippen molar-refractivity contribution in [1.82, 2.24) is 10.3 Å². The van der Waals surface area contributed by atoms with E-state index in [-0.39, 0.29) is 17.1 Å². The number of aromatic nitrogens is 2. The van der Waals surface area contributed by atoms with Crippen molar-refractivity contribution in [2.24, 2.45) is 0 Å². The minimum Gasteiger partial charge on any atom is -0.464 e. The van der Waals surface area contributed by atoms with Crippen LogP contribution in [0.15, 0.2) is 28.9 Å². The van der Waals surface area contributed by atoms with E-state index in [2.05, 4.69) is 19.7 Å². The van der Waals surface area contributed by atoms with E-state index in [1.165, 1.54) is 14.0 Å². The van der Waals surface area contributed by atoms with Crippen molar-refractivity contribution in [3.63, 3.8) is 0 Å². The van der Waals surface area contributed by atoms with Crippen LogP contribution in [0, 0.1) is 0 Å². The van der Waals surface area contributed by atoms with Crippen LogP contribution in [0.25, 0.3) is 11.3 Å². The van der Waals surface area contributed by atoms with E-state index in [0.717, 1.165) is 0 Å². The number of nitrogens with zero attached hydrogens (tertiary/aromatic N) is 2. The topological polar surface area (TPSA) is 91.5 Å². The van der Waals surface area contributed by atoms with Gasteiger partial charge in [-0.05, 0) is 22.4 Å². The average molecular weight is 262 g/mol. The van der Waals surface area contributed by atoms with Gasteiger partial charge in [-0.2, -0.15) is 0 Å². The number of carbonyl (C=O) groups excluding carboxylic acids is 2. The van der Waals surface area contributed by atoms with Crippen LogP contribution in [0.3, 0.4) is 0 Å². The van der Waals surface area contributed by atoms with Crippen LogP contribution in [-0.2, 0) is 9.53 Å². The third kappa shape index (κ3) is 2.59. The van der Waals surface area contributed by atoms with Gasteiger partial charge in [-0.3, -0.25) is 4.79 Å². The number of methoxy groups -OCH3 is 1. The fourth-order valence-corrected chi connectivity index (χ4v) is 1.50. The van der Waals surface area contributed by atoms with Crippen LogP contribution < -0.4 is 4.74 Å². The van der Waals surface area contributed by atoms with Gasteiger partial charge in [0.15, 0.2) is 5.69 Å². The summed E-state index contributed by atoms with van der Waals surface area (Å²) in [5, 5.41) is 7.13. The summed E-state index contributed by atoms with van der Waals surface area (Å²) in [7, 11) is 1.22. The Morgan fingerprint density at radius 3 is 2.63 bits per heavy atom. The molecule has 1 aromatic heterocycles. The molecule has 19 heavy (non-hydrogen) atoms. The number of hydrogen-bond donors (Lipinski definition) is 0. The number of esters is 2. The Kier molecular flexibility index (Phi) is 3.56. The monoisotopic (exact) mass is 262 g/mol. The third-order valence-electron chi connectivity index (χ3n) is 2.26. The smallest absolute Gasteiger partial charge is 0.362 e. The van der Waals surface area contributed by atoms with E-state index in [1.807, 2.05) is 0 Å². The van der Waals surface area contributed by atoms with E-state index < -0.39 is 11.9 Å². The van der Waals surface area contributed by atoms with Crippen LogP contribution >= 0.6 is 0 Å². The highest BCUT2D eigenvalue weighted by Crippen LogP contribution is 2.30. The maximum Gasteiger partial charge on any atom is 0.362 e. The number of carbonyl (C=O) groups is 2. The zero-order valence-corrected chi connectivity index (χ0v) is 10.2. The first kappa shape index (κ1) is 12.7. The largest absolute Gasteiger partial charge is 0.464 e. The standard InChI is InChI=1S/C12H10N2O5/c1-7(15)18-9-6-4-3-5-8(9)10-11(12(16)17-2)14-19-13-10/h3-6H,1-2H3. The summed E-state index contributed by atoms with van der Waals surface area (Å²) in [5.41, 5.74) is 0.491. The molecule has 2 aromatic rings. The Bertz CT molecular complexity index is 620. The molecule has 0 amide bonds. The van der Waals surface area contributed by atoms with Gasteiger partial charge in [-0.25, -0.2) is 9.42 Å². The first-order valence-electron chi connectivity index (χ1n) is 5.32. The van der Waals surface area contributed by atoms with Gasteiger partial charge in [0.25, 0.3) is 0 Å². The van der Waals surface area contributed by atoms with Crippen molar-refractivity contribution in [2.45, 2.75) is 6.92 Å². The van der Waals surface area contributed by atoms with Gasteiger partial charge in [-0.1, -0.05) is 12.1 Å². The molecule has 7 nitrogen and oxygen atoms in total. The molecule has 0 aliphatic carbocycles. The highest BCUT2D eigenvalue weighted by atomic mass is 16.6. The normalized spacial score (nSPS) is 10.0. The molecule has 1 aromatic carbocycles. The fraction of sp³-hybridized carbons (Fsp3) is 0.167. The van der Waals surface area contributed by atoms with Crippen molar-refractivity contribution in [1.29, 1.82) is 0 Å². The average Bonchev–Trinajstić information content (AvgIpc) is 2.87. The molecule has 0 fully saturated rings. The second-order valence-corrected chi connectivity index (χ2v) is 3.54. The first-order chi connectivity index (χ1) is 9.13. The summed E-state index contributed by atoms with van der Waals surface area (Å²) < 4.78 is 14.1. The summed E-state index contributed by atoms with van der Waals surface area (Å²) in [6.45, 7) is 1.28. The number of benzene rings is 1. The molecule has 1 heterocycles. The molecular formula is C12H10N2O5. The molecule has 0 aliphatic rings. The Morgan fingerprint density at radius 2 is 1.95 bits per heavy atom. The lowest BCUT2D eigenvalue weighted by Gasteiger charge is -2.06. The van der Waals surface area contributed by atoms with Crippen LogP contribution in [0.4, 0.5) is 0 Å². The molecule has 0 unspecified atom stereocenters. The predicted octanol–water partition coefficient (Wildman–Crippen LogP) is 1.45. The maximum absolute atomic E-state index is 11.5. The number of para-hydroxylation sites is 1. The molecule has 0 saturated carbocycles. The van der Waals surface area contributed by atoms with E-state index >= 15 is 0 Å². The molecule has 0 spiro atoms. The van der Waals surface area contributed by atoms with Crippen LogP contribution in [-0.4, -0.2) is 29.4 Å². The number of hydrogen-bond acceptors (Lipinski definition) is 7. The second-order valence-electron chi connectivity index (χ2n) is 3.54. The SMILES string of the molecule is COC(=O)c1nonc1-c1ccccc1OC(C)=O. The summed E-state index contributed by atoms with van der Waals surface area (Å²) in [4.78, 5) is 22.5. The summed E-state index contributed by atoms with van der Waals surface area (Å²) in [5.74, 6) is -0.909. The maximum atomic E-state index is 11.5. The molecule has 0 radical (unpaired) electrons. The zero-order chi connectivity index (χ0) is 13.8. The van der Waals surface area contributed by atoms with Gasteiger partial charge in [0.05, 0.1) is 7.11 Å². The molecule has 0 bridgehead atoms. The van der Waals surface area contributed by atoms with Crippen LogP contribution in [0.1, 0.15) is 17.4 Å². The van der Waals surface area contributed by atoms with E-state index in [9.17, 15) is 9.59 Å². The molecule has 98 valence electrons. The molecule has 2 rings (SSSR count). The summed E-state index contributed by atoms with van der Waals surface area (Å²) in [6.07, 6.45) is 0. The number of rotatable bonds is 3. The lowest BCUT2D eigenvalue weighted by molar-refractivity contribution is -0.131. The van der Waals surface area contributed by atoms with Crippen molar-refractivity contribution in [2.75, 3.05) is 7.11 Å². The van der Waals surface area contributed by atoms with Gasteiger partial charge in [0, 0.05) is 12.5 Å². The Balaban J connectivity index is 2.50. The Hall–Kier alpha value is -2.70. The summed E-state index contributed by atoms with van der Waals surface area (Å²) in [6, 6.07) is 6.60. The highest BCUT2D eigenvalue weighted by molar-refractivity contribution is 5.94. The van der Waals surface area contributed by atoms with Crippen molar-refractivity contribution >= 4 is 11.9 Å². The lowest BCUT2D eigenvalue weighted by atomic mass is 10.1. The fourth-order valence-electron chi connectivity index (χ4n) is 1.50. The second kappa shape index (κ2) is 5.30. The van der Waals surface area contributed by atoms with E-state index in [1.54, 1.807) is 24.3 Å². The Labute approximate surface area is 108 Å². The minimum absolute atomic E-state index is 0.0814. The van der Waals surface area contributed by atoms with Crippen LogP contribution in [0.2, 0.25) is 0 Å². The zero-order valence-electron chi connectivity index (χ0n) is 10.2. The lowest BCUT2D eigenvalue weighted by Crippen LogP contribution is -2.06. The van der Waals surface area contributed by atoms with Gasteiger partial charge in [0.2, 0.25) is 5.69 Å². The van der Waals surface area contributed by atoms with Crippen molar-refractivity contribution < 1.29 is 23.7 Å². The van der Waals surface area contributed by atoms with Gasteiger partial charge < -0.3 is 9.47 Å². The van der Waals surface area contributed by atoms with Gasteiger partial charge >= 0.3 is 11.9 Å². The predicted molar refractivity (Wildman–Crippen MR) is 62.4 cm³/mol. The molecule has 0 saturated heterocycles. The molecule has 0 N–H and O–H groups in total. The van der Waals surface area contributed by atoms with Crippen molar-refractivity contribution in [3.05, 3.63) is 30.0 Å². The highest BCUT2D eigenvalue weighted by Gasteiger charge is 2.23.